The molecule has 1 atom stereocenters. The van der Waals surface area contributed by atoms with Crippen LogP contribution in [0, 0.1) is 0 Å². The van der Waals surface area contributed by atoms with Crippen LogP contribution in [0.25, 0.3) is 0 Å². The predicted molar refractivity (Wildman–Crippen MR) is 128 cm³/mol. The number of Topliss-reactive ketones (excluding diaryl/α,β-unsaturated/α-hetero) is 1. The maximum absolute atomic E-state index is 12.5. The number of esters is 1. The zero-order valence-electron chi connectivity index (χ0n) is 19.2. The van der Waals surface area contributed by atoms with Crippen molar-refractivity contribution < 1.29 is 28.6 Å². The minimum atomic E-state index is -0.867. The summed E-state index contributed by atoms with van der Waals surface area (Å²) in [7, 11) is 1.57. The van der Waals surface area contributed by atoms with Crippen molar-refractivity contribution in [3.05, 3.63) is 84.4 Å². The molecular weight excluding hydrogens is 434 g/mol. The first-order valence-corrected chi connectivity index (χ1v) is 11.0. The third-order valence-electron chi connectivity index (χ3n) is 4.99. The van der Waals surface area contributed by atoms with Crippen molar-refractivity contribution in [1.82, 2.24) is 0 Å². The van der Waals surface area contributed by atoms with E-state index in [1.54, 1.807) is 74.7 Å². The van der Waals surface area contributed by atoms with Crippen LogP contribution in [-0.4, -0.2) is 30.9 Å². The SMILES string of the molecule is CCC(OC(=O)CCC(=O)Nc1ccc(Oc2ccccc2OC)cc1)C(=O)c1ccccc1. The highest BCUT2D eigenvalue weighted by Crippen LogP contribution is 2.31. The summed E-state index contributed by atoms with van der Waals surface area (Å²) in [6.45, 7) is 1.77. The summed E-state index contributed by atoms with van der Waals surface area (Å²) in [6, 6.07) is 22.8. The molecule has 1 unspecified atom stereocenters. The van der Waals surface area contributed by atoms with Gasteiger partial charge in [-0.25, -0.2) is 0 Å². The van der Waals surface area contributed by atoms with Gasteiger partial charge in [0.1, 0.15) is 5.75 Å². The first-order chi connectivity index (χ1) is 16.5. The van der Waals surface area contributed by atoms with Crippen LogP contribution in [-0.2, 0) is 14.3 Å². The molecule has 0 bridgehead atoms. The summed E-state index contributed by atoms with van der Waals surface area (Å²) >= 11 is 0. The number of carbonyl (C=O) groups excluding carboxylic acids is 3. The molecule has 0 aromatic heterocycles. The van der Waals surface area contributed by atoms with Gasteiger partial charge in [0.15, 0.2) is 17.6 Å². The molecule has 0 aliphatic rings. The van der Waals surface area contributed by atoms with Gasteiger partial charge < -0.3 is 19.5 Å². The number of benzene rings is 3. The van der Waals surface area contributed by atoms with Gasteiger partial charge in [0.05, 0.1) is 13.5 Å². The molecule has 34 heavy (non-hydrogen) atoms. The lowest BCUT2D eigenvalue weighted by molar-refractivity contribution is -0.148. The first-order valence-electron chi connectivity index (χ1n) is 11.0. The van der Waals surface area contributed by atoms with Crippen LogP contribution in [0.3, 0.4) is 0 Å². The lowest BCUT2D eigenvalue weighted by Gasteiger charge is -2.15. The number of carbonyl (C=O) groups is 3. The molecule has 0 saturated heterocycles. The molecule has 0 saturated carbocycles. The van der Waals surface area contributed by atoms with E-state index in [4.69, 9.17) is 14.2 Å². The van der Waals surface area contributed by atoms with Crippen molar-refractivity contribution in [2.75, 3.05) is 12.4 Å². The van der Waals surface area contributed by atoms with E-state index < -0.39 is 12.1 Å². The summed E-state index contributed by atoms with van der Waals surface area (Å²) in [6.07, 6.45) is -0.698. The number of amides is 1. The maximum atomic E-state index is 12.5. The van der Waals surface area contributed by atoms with E-state index in [2.05, 4.69) is 5.32 Å². The Morgan fingerprint density at radius 2 is 1.47 bits per heavy atom. The monoisotopic (exact) mass is 461 g/mol. The minimum Gasteiger partial charge on any atom is -0.493 e. The second-order valence-electron chi connectivity index (χ2n) is 7.44. The number of ketones is 1. The topological polar surface area (TPSA) is 90.9 Å². The highest BCUT2D eigenvalue weighted by atomic mass is 16.5. The van der Waals surface area contributed by atoms with Gasteiger partial charge >= 0.3 is 5.97 Å². The number of rotatable bonds is 11. The molecule has 0 spiro atoms. The van der Waals surface area contributed by atoms with Gasteiger partial charge in [-0.1, -0.05) is 49.4 Å². The average Bonchev–Trinajstić information content (AvgIpc) is 2.87. The number of nitrogens with one attached hydrogen (secondary N) is 1. The molecule has 0 fully saturated rings. The highest BCUT2D eigenvalue weighted by Gasteiger charge is 2.22. The molecule has 1 N–H and O–H groups in total. The van der Waals surface area contributed by atoms with E-state index in [-0.39, 0.29) is 24.5 Å². The molecule has 0 aliphatic heterocycles. The second kappa shape index (κ2) is 12.2. The summed E-state index contributed by atoms with van der Waals surface area (Å²) in [5.74, 6) is 0.597. The zero-order valence-corrected chi connectivity index (χ0v) is 19.2. The van der Waals surface area contributed by atoms with E-state index in [0.717, 1.165) is 0 Å². The smallest absolute Gasteiger partial charge is 0.307 e. The number of para-hydroxylation sites is 2. The number of ether oxygens (including phenoxy) is 3. The molecule has 3 rings (SSSR count). The Balaban J connectivity index is 1.47. The Morgan fingerprint density at radius 3 is 2.12 bits per heavy atom. The van der Waals surface area contributed by atoms with Gasteiger partial charge in [-0.05, 0) is 42.8 Å². The quantitative estimate of drug-likeness (QED) is 0.303. The molecule has 0 heterocycles. The standard InChI is InChI=1S/C27H27NO6/c1-3-22(27(31)19-9-5-4-6-10-19)34-26(30)18-17-25(29)28-20-13-15-21(16-14-20)33-24-12-8-7-11-23(24)32-2/h4-16,22H,3,17-18H2,1-2H3,(H,28,29). The van der Waals surface area contributed by atoms with E-state index in [9.17, 15) is 14.4 Å². The van der Waals surface area contributed by atoms with E-state index >= 15 is 0 Å². The summed E-state index contributed by atoms with van der Waals surface area (Å²) in [5, 5.41) is 2.73. The van der Waals surface area contributed by atoms with Gasteiger partial charge in [0.25, 0.3) is 0 Å². The lowest BCUT2D eigenvalue weighted by atomic mass is 10.0. The van der Waals surface area contributed by atoms with Gasteiger partial charge in [-0.3, -0.25) is 14.4 Å². The molecule has 7 heteroatoms. The molecule has 3 aromatic rings. The van der Waals surface area contributed by atoms with Crippen LogP contribution in [0.1, 0.15) is 36.5 Å². The number of methoxy groups -OCH3 is 1. The molecule has 1 amide bonds. The van der Waals surface area contributed by atoms with E-state index in [0.29, 0.717) is 34.9 Å². The number of hydrogen-bond acceptors (Lipinski definition) is 6. The van der Waals surface area contributed by atoms with Crippen LogP contribution in [0.4, 0.5) is 5.69 Å². The molecular formula is C27H27NO6. The second-order valence-corrected chi connectivity index (χ2v) is 7.44. The Hall–Kier alpha value is -4.13. The lowest BCUT2D eigenvalue weighted by Crippen LogP contribution is -2.27. The van der Waals surface area contributed by atoms with Gasteiger partial charge in [-0.2, -0.15) is 0 Å². The van der Waals surface area contributed by atoms with Crippen molar-refractivity contribution >= 4 is 23.3 Å². The molecule has 7 nitrogen and oxygen atoms in total. The van der Waals surface area contributed by atoms with Crippen LogP contribution in [0.15, 0.2) is 78.9 Å². The largest absolute Gasteiger partial charge is 0.493 e. The fourth-order valence-corrected chi connectivity index (χ4v) is 3.20. The van der Waals surface area contributed by atoms with Gasteiger partial charge in [-0.15, -0.1) is 0 Å². The van der Waals surface area contributed by atoms with Crippen molar-refractivity contribution in [3.63, 3.8) is 0 Å². The summed E-state index contributed by atoms with van der Waals surface area (Å²) < 4.78 is 16.4. The van der Waals surface area contributed by atoms with Gasteiger partial charge in [0, 0.05) is 17.7 Å². The molecule has 0 aliphatic carbocycles. The van der Waals surface area contributed by atoms with Crippen molar-refractivity contribution in [2.45, 2.75) is 32.3 Å². The Kier molecular flexibility index (Phi) is 8.80. The van der Waals surface area contributed by atoms with E-state index in [1.807, 2.05) is 18.2 Å². The fraction of sp³-hybridized carbons (Fsp3) is 0.222. The van der Waals surface area contributed by atoms with E-state index in [1.165, 1.54) is 0 Å². The molecule has 3 aromatic carbocycles. The van der Waals surface area contributed by atoms with Crippen LogP contribution in [0.5, 0.6) is 17.2 Å². The number of anilines is 1. The first kappa shape index (κ1) is 24.5. The normalized spacial score (nSPS) is 11.2. The summed E-state index contributed by atoms with van der Waals surface area (Å²) in [4.78, 5) is 36.9. The molecule has 0 radical (unpaired) electrons. The van der Waals surface area contributed by atoms with Crippen LogP contribution < -0.4 is 14.8 Å². The third kappa shape index (κ3) is 6.93. The summed E-state index contributed by atoms with van der Waals surface area (Å²) in [5.41, 5.74) is 1.05. The third-order valence-corrected chi connectivity index (χ3v) is 4.99. The van der Waals surface area contributed by atoms with Crippen LogP contribution in [0.2, 0.25) is 0 Å². The Bertz CT molecular complexity index is 1110. The zero-order chi connectivity index (χ0) is 24.3. The Labute approximate surface area is 198 Å². The van der Waals surface area contributed by atoms with Gasteiger partial charge in [0.2, 0.25) is 11.7 Å². The number of hydrogen-bond donors (Lipinski definition) is 1. The average molecular weight is 462 g/mol. The minimum absolute atomic E-state index is 0.0612. The predicted octanol–water partition coefficient (Wildman–Crippen LogP) is 5.41. The van der Waals surface area contributed by atoms with Crippen molar-refractivity contribution in [3.8, 4) is 17.2 Å². The molecule has 176 valence electrons. The van der Waals surface area contributed by atoms with Crippen molar-refractivity contribution in [1.29, 1.82) is 0 Å². The van der Waals surface area contributed by atoms with Crippen molar-refractivity contribution in [2.24, 2.45) is 0 Å². The highest BCUT2D eigenvalue weighted by molar-refractivity contribution is 6.00. The Morgan fingerprint density at radius 1 is 0.824 bits per heavy atom. The maximum Gasteiger partial charge on any atom is 0.307 e. The van der Waals surface area contributed by atoms with Crippen LogP contribution >= 0.6 is 0 Å². The fourth-order valence-electron chi connectivity index (χ4n) is 3.20.